The molecule has 2 heteroatoms. The van der Waals surface area contributed by atoms with E-state index < -0.39 is 0 Å². The molecule has 1 aromatic carbocycles. The van der Waals surface area contributed by atoms with Crippen LogP contribution < -0.4 is 10.1 Å². The first-order valence-electron chi connectivity index (χ1n) is 6.21. The van der Waals surface area contributed by atoms with Gasteiger partial charge in [0.2, 0.25) is 0 Å². The van der Waals surface area contributed by atoms with Gasteiger partial charge in [-0.15, -0.1) is 6.58 Å². The van der Waals surface area contributed by atoms with E-state index in [4.69, 9.17) is 4.74 Å². The Morgan fingerprint density at radius 1 is 1.35 bits per heavy atom. The minimum atomic E-state index is 0.164. The molecule has 1 unspecified atom stereocenters. The van der Waals surface area contributed by atoms with Gasteiger partial charge in [0.25, 0.3) is 0 Å². The van der Waals surface area contributed by atoms with Crippen molar-refractivity contribution < 1.29 is 4.74 Å². The standard InChI is InChI=1S/C15H23NO/c1-5-9-16-11-13(4)17-15-8-6-7-14(10-15)12(2)3/h5-8,10,12-13,16H,1,9,11H2,2-4H3. The molecule has 0 aliphatic rings. The van der Waals surface area contributed by atoms with E-state index in [1.807, 2.05) is 12.1 Å². The highest BCUT2D eigenvalue weighted by atomic mass is 16.5. The van der Waals surface area contributed by atoms with Crippen molar-refractivity contribution in [2.24, 2.45) is 0 Å². The lowest BCUT2D eigenvalue weighted by Gasteiger charge is -2.16. The molecule has 0 spiro atoms. The van der Waals surface area contributed by atoms with Crippen molar-refractivity contribution in [1.82, 2.24) is 5.32 Å². The highest BCUT2D eigenvalue weighted by Crippen LogP contribution is 2.20. The van der Waals surface area contributed by atoms with Crippen LogP contribution in [0, 0.1) is 0 Å². The van der Waals surface area contributed by atoms with Gasteiger partial charge in [-0.25, -0.2) is 0 Å². The van der Waals surface area contributed by atoms with Gasteiger partial charge in [-0.1, -0.05) is 32.1 Å². The molecule has 94 valence electrons. The third-order valence-corrected chi connectivity index (χ3v) is 2.58. The van der Waals surface area contributed by atoms with E-state index in [-0.39, 0.29) is 6.10 Å². The summed E-state index contributed by atoms with van der Waals surface area (Å²) < 4.78 is 5.85. The Balaban J connectivity index is 2.49. The molecule has 17 heavy (non-hydrogen) atoms. The minimum Gasteiger partial charge on any atom is -0.489 e. The summed E-state index contributed by atoms with van der Waals surface area (Å²) in [7, 11) is 0. The lowest BCUT2D eigenvalue weighted by molar-refractivity contribution is 0.219. The molecule has 0 radical (unpaired) electrons. The molecule has 0 aliphatic heterocycles. The fourth-order valence-corrected chi connectivity index (χ4v) is 1.61. The molecule has 1 aromatic rings. The zero-order valence-corrected chi connectivity index (χ0v) is 11.1. The molecule has 0 fully saturated rings. The average Bonchev–Trinajstić information content (AvgIpc) is 2.29. The van der Waals surface area contributed by atoms with Crippen molar-refractivity contribution in [3.05, 3.63) is 42.5 Å². The highest BCUT2D eigenvalue weighted by molar-refractivity contribution is 5.30. The van der Waals surface area contributed by atoms with Crippen molar-refractivity contribution in [3.63, 3.8) is 0 Å². The second-order valence-corrected chi connectivity index (χ2v) is 4.60. The first-order chi connectivity index (χ1) is 8.13. The smallest absolute Gasteiger partial charge is 0.120 e. The van der Waals surface area contributed by atoms with Gasteiger partial charge >= 0.3 is 0 Å². The molecule has 0 saturated heterocycles. The molecular formula is C15H23NO. The lowest BCUT2D eigenvalue weighted by Crippen LogP contribution is -2.28. The summed E-state index contributed by atoms with van der Waals surface area (Å²) in [5, 5.41) is 3.25. The van der Waals surface area contributed by atoms with Gasteiger partial charge in [0.15, 0.2) is 0 Å². The van der Waals surface area contributed by atoms with E-state index in [9.17, 15) is 0 Å². The summed E-state index contributed by atoms with van der Waals surface area (Å²) in [5.74, 6) is 1.48. The molecule has 0 bridgehead atoms. The number of nitrogens with one attached hydrogen (secondary N) is 1. The topological polar surface area (TPSA) is 21.3 Å². The van der Waals surface area contributed by atoms with E-state index in [0.717, 1.165) is 18.8 Å². The van der Waals surface area contributed by atoms with Crippen LogP contribution in [0.5, 0.6) is 5.75 Å². The second-order valence-electron chi connectivity index (χ2n) is 4.60. The maximum absolute atomic E-state index is 5.85. The van der Waals surface area contributed by atoms with E-state index in [1.165, 1.54) is 5.56 Å². The second kappa shape index (κ2) is 7.13. The van der Waals surface area contributed by atoms with E-state index >= 15 is 0 Å². The quantitative estimate of drug-likeness (QED) is 0.576. The summed E-state index contributed by atoms with van der Waals surface area (Å²) in [4.78, 5) is 0. The van der Waals surface area contributed by atoms with Gasteiger partial charge in [0.05, 0.1) is 0 Å². The fraction of sp³-hybridized carbons (Fsp3) is 0.467. The fourth-order valence-electron chi connectivity index (χ4n) is 1.61. The Bertz CT molecular complexity index is 347. The molecular weight excluding hydrogens is 210 g/mol. The van der Waals surface area contributed by atoms with Crippen molar-refractivity contribution in [3.8, 4) is 5.75 Å². The predicted molar refractivity (Wildman–Crippen MR) is 73.7 cm³/mol. The van der Waals surface area contributed by atoms with Crippen LogP contribution in [-0.4, -0.2) is 19.2 Å². The van der Waals surface area contributed by atoms with Crippen molar-refractivity contribution in [1.29, 1.82) is 0 Å². The van der Waals surface area contributed by atoms with Crippen LogP contribution in [0.1, 0.15) is 32.3 Å². The van der Waals surface area contributed by atoms with Crippen LogP contribution in [0.15, 0.2) is 36.9 Å². The Morgan fingerprint density at radius 3 is 2.76 bits per heavy atom. The first kappa shape index (κ1) is 13.8. The maximum Gasteiger partial charge on any atom is 0.120 e. The monoisotopic (exact) mass is 233 g/mol. The van der Waals surface area contributed by atoms with Gasteiger partial charge < -0.3 is 10.1 Å². The van der Waals surface area contributed by atoms with Crippen LogP contribution >= 0.6 is 0 Å². The van der Waals surface area contributed by atoms with E-state index in [2.05, 4.69) is 50.9 Å². The minimum absolute atomic E-state index is 0.164. The molecule has 1 N–H and O–H groups in total. The normalized spacial score (nSPS) is 12.5. The molecule has 0 aromatic heterocycles. The average molecular weight is 233 g/mol. The zero-order valence-electron chi connectivity index (χ0n) is 11.1. The summed E-state index contributed by atoms with van der Waals surface area (Å²) in [5.41, 5.74) is 1.31. The molecule has 0 aliphatic carbocycles. The van der Waals surface area contributed by atoms with Gasteiger partial charge in [-0.05, 0) is 30.5 Å². The van der Waals surface area contributed by atoms with Crippen LogP contribution in [0.25, 0.3) is 0 Å². The first-order valence-corrected chi connectivity index (χ1v) is 6.21. The molecule has 1 rings (SSSR count). The number of ether oxygens (including phenoxy) is 1. The van der Waals surface area contributed by atoms with Gasteiger partial charge in [-0.2, -0.15) is 0 Å². The largest absolute Gasteiger partial charge is 0.489 e. The number of rotatable bonds is 7. The van der Waals surface area contributed by atoms with Crippen molar-refractivity contribution in [2.75, 3.05) is 13.1 Å². The Hall–Kier alpha value is -1.28. The number of hydrogen-bond acceptors (Lipinski definition) is 2. The molecule has 0 saturated carbocycles. The highest BCUT2D eigenvalue weighted by Gasteiger charge is 2.05. The molecule has 2 nitrogen and oxygen atoms in total. The zero-order chi connectivity index (χ0) is 12.7. The van der Waals surface area contributed by atoms with E-state index in [0.29, 0.717) is 5.92 Å². The Morgan fingerprint density at radius 2 is 2.12 bits per heavy atom. The lowest BCUT2D eigenvalue weighted by atomic mass is 10.0. The number of benzene rings is 1. The summed E-state index contributed by atoms with van der Waals surface area (Å²) in [6, 6.07) is 8.32. The van der Waals surface area contributed by atoms with Crippen molar-refractivity contribution in [2.45, 2.75) is 32.8 Å². The van der Waals surface area contributed by atoms with Crippen molar-refractivity contribution >= 4 is 0 Å². The van der Waals surface area contributed by atoms with Crippen LogP contribution in [0.3, 0.4) is 0 Å². The third-order valence-electron chi connectivity index (χ3n) is 2.58. The summed E-state index contributed by atoms with van der Waals surface area (Å²) >= 11 is 0. The number of hydrogen-bond donors (Lipinski definition) is 1. The molecule has 1 atom stereocenters. The SMILES string of the molecule is C=CCNCC(C)Oc1cccc(C(C)C)c1. The van der Waals surface area contributed by atoms with Gasteiger partial charge in [0.1, 0.15) is 11.9 Å². The Labute approximate surface area is 105 Å². The van der Waals surface area contributed by atoms with E-state index in [1.54, 1.807) is 0 Å². The molecule has 0 heterocycles. The third kappa shape index (κ3) is 5.05. The predicted octanol–water partition coefficient (Wildman–Crippen LogP) is 3.35. The van der Waals surface area contributed by atoms with Crippen LogP contribution in [0.2, 0.25) is 0 Å². The Kier molecular flexibility index (Phi) is 5.78. The molecule has 0 amide bonds. The van der Waals surface area contributed by atoms with Crippen LogP contribution in [-0.2, 0) is 0 Å². The maximum atomic E-state index is 5.85. The summed E-state index contributed by atoms with van der Waals surface area (Å²) in [6.07, 6.45) is 2.02. The summed E-state index contributed by atoms with van der Waals surface area (Å²) in [6.45, 7) is 11.8. The van der Waals surface area contributed by atoms with Gasteiger partial charge in [0, 0.05) is 13.1 Å². The van der Waals surface area contributed by atoms with Gasteiger partial charge in [-0.3, -0.25) is 0 Å². The van der Waals surface area contributed by atoms with Crippen LogP contribution in [0.4, 0.5) is 0 Å².